The summed E-state index contributed by atoms with van der Waals surface area (Å²) in [6, 6.07) is 0. The first-order valence-corrected chi connectivity index (χ1v) is 4.58. The van der Waals surface area contributed by atoms with E-state index in [0.29, 0.717) is 0 Å². The van der Waals surface area contributed by atoms with Gasteiger partial charge in [0.2, 0.25) is 5.60 Å². The van der Waals surface area contributed by atoms with Gasteiger partial charge in [0.1, 0.15) is 18.3 Å². The van der Waals surface area contributed by atoms with E-state index in [1.807, 2.05) is 0 Å². The second-order valence-electron chi connectivity index (χ2n) is 3.79. The highest BCUT2D eigenvalue weighted by Crippen LogP contribution is 2.34. The van der Waals surface area contributed by atoms with Crippen LogP contribution in [0.1, 0.15) is 6.92 Å². The lowest BCUT2D eigenvalue weighted by atomic mass is 9.81. The van der Waals surface area contributed by atoms with Crippen molar-refractivity contribution < 1.29 is 35.1 Å². The molecule has 0 aliphatic carbocycles. The minimum atomic E-state index is -2.88. The molecular formula is C8H15NO7. The Morgan fingerprint density at radius 2 is 1.94 bits per heavy atom. The van der Waals surface area contributed by atoms with Gasteiger partial charge in [0.15, 0.2) is 5.78 Å². The molecular weight excluding hydrogens is 222 g/mol. The fourth-order valence-corrected chi connectivity index (χ4v) is 1.66. The van der Waals surface area contributed by atoms with E-state index in [4.69, 9.17) is 10.8 Å². The highest BCUT2D eigenvalue weighted by atomic mass is 16.7. The molecule has 8 heteroatoms. The van der Waals surface area contributed by atoms with Gasteiger partial charge in [-0.15, -0.1) is 0 Å². The van der Waals surface area contributed by atoms with E-state index in [2.05, 4.69) is 4.74 Å². The molecule has 1 fully saturated rings. The van der Waals surface area contributed by atoms with E-state index in [1.165, 1.54) is 0 Å². The second kappa shape index (κ2) is 4.00. The molecule has 0 bridgehead atoms. The first-order valence-electron chi connectivity index (χ1n) is 4.58. The van der Waals surface area contributed by atoms with Gasteiger partial charge < -0.3 is 30.3 Å². The third-order valence-electron chi connectivity index (χ3n) is 2.73. The molecule has 8 nitrogen and oxygen atoms in total. The van der Waals surface area contributed by atoms with Crippen LogP contribution in [-0.2, 0) is 9.53 Å². The Hall–Kier alpha value is -0.610. The van der Waals surface area contributed by atoms with Gasteiger partial charge in [0.25, 0.3) is 5.91 Å². The van der Waals surface area contributed by atoms with Crippen molar-refractivity contribution in [2.45, 2.75) is 36.7 Å². The monoisotopic (exact) mass is 237 g/mol. The van der Waals surface area contributed by atoms with E-state index < -0.39 is 42.2 Å². The molecule has 1 saturated heterocycles. The number of hydrogen-bond donors (Lipinski definition) is 6. The first kappa shape index (κ1) is 13.5. The summed E-state index contributed by atoms with van der Waals surface area (Å²) in [5.74, 6) is -3.95. The van der Waals surface area contributed by atoms with Gasteiger partial charge in [-0.3, -0.25) is 10.5 Å². The van der Waals surface area contributed by atoms with Crippen molar-refractivity contribution >= 4 is 5.78 Å². The number of ketones is 1. The van der Waals surface area contributed by atoms with Gasteiger partial charge in [0, 0.05) is 0 Å². The van der Waals surface area contributed by atoms with E-state index in [-0.39, 0.29) is 0 Å². The lowest BCUT2D eigenvalue weighted by molar-refractivity contribution is -0.373. The fraction of sp³-hybridized carbons (Fsp3) is 0.875. The minimum Gasteiger partial charge on any atom is -0.394 e. The maximum Gasteiger partial charge on any atom is 0.263 e. The van der Waals surface area contributed by atoms with E-state index in [0.717, 1.165) is 6.92 Å². The number of aliphatic hydroxyl groups excluding tert-OH is 3. The molecule has 0 saturated carbocycles. The standard InChI is InChI=1S/C8H15NO7/c1-3(11)7(14)6(13)5(12)4(2-10)16-8(7,9)15/h4-6,10,12-15H,2,9H2,1H3/t4-,5-,6+,7+,8?/m1/s1. The molecule has 94 valence electrons. The highest BCUT2D eigenvalue weighted by Gasteiger charge is 2.64. The zero-order valence-electron chi connectivity index (χ0n) is 8.57. The summed E-state index contributed by atoms with van der Waals surface area (Å²) in [6.45, 7) is 0.127. The molecule has 0 aromatic carbocycles. The normalized spacial score (nSPS) is 49.1. The molecule has 1 aliphatic rings. The Balaban J connectivity index is 3.15. The van der Waals surface area contributed by atoms with E-state index in [1.54, 1.807) is 0 Å². The molecule has 0 aromatic heterocycles. The maximum absolute atomic E-state index is 11.2. The van der Waals surface area contributed by atoms with Crippen molar-refractivity contribution in [2.24, 2.45) is 5.73 Å². The summed E-state index contributed by atoms with van der Waals surface area (Å²) >= 11 is 0. The van der Waals surface area contributed by atoms with Gasteiger partial charge in [-0.2, -0.15) is 0 Å². The number of Topliss-reactive ketones (excluding diaryl/α,β-unsaturated/α-hetero) is 1. The molecule has 0 aromatic rings. The Morgan fingerprint density at radius 3 is 2.31 bits per heavy atom. The number of ether oxygens (including phenoxy) is 1. The van der Waals surface area contributed by atoms with Crippen LogP contribution in [0.2, 0.25) is 0 Å². The van der Waals surface area contributed by atoms with Gasteiger partial charge in [-0.05, 0) is 6.92 Å². The van der Waals surface area contributed by atoms with Gasteiger partial charge >= 0.3 is 0 Å². The van der Waals surface area contributed by atoms with Crippen molar-refractivity contribution in [3.8, 4) is 0 Å². The first-order chi connectivity index (χ1) is 7.18. The molecule has 0 radical (unpaired) electrons. The predicted octanol–water partition coefficient (Wildman–Crippen LogP) is -3.98. The third-order valence-corrected chi connectivity index (χ3v) is 2.73. The van der Waals surface area contributed by atoms with Crippen molar-refractivity contribution in [2.75, 3.05) is 6.61 Å². The van der Waals surface area contributed by atoms with Crippen LogP contribution in [0.25, 0.3) is 0 Å². The molecule has 16 heavy (non-hydrogen) atoms. The van der Waals surface area contributed by atoms with E-state index >= 15 is 0 Å². The third kappa shape index (κ3) is 1.64. The van der Waals surface area contributed by atoms with Crippen molar-refractivity contribution in [1.29, 1.82) is 0 Å². The van der Waals surface area contributed by atoms with Crippen LogP contribution in [0.4, 0.5) is 0 Å². The average Bonchev–Trinajstić information content (AvgIpc) is 2.20. The van der Waals surface area contributed by atoms with Crippen LogP contribution < -0.4 is 5.73 Å². The number of nitrogens with two attached hydrogens (primary N) is 1. The summed E-state index contributed by atoms with van der Waals surface area (Å²) in [7, 11) is 0. The Bertz CT molecular complexity index is 294. The second-order valence-corrected chi connectivity index (χ2v) is 3.79. The number of aliphatic hydroxyl groups is 5. The summed E-state index contributed by atoms with van der Waals surface area (Å²) in [5, 5.41) is 47.1. The van der Waals surface area contributed by atoms with Crippen LogP contribution in [0.15, 0.2) is 0 Å². The number of hydrogen-bond acceptors (Lipinski definition) is 8. The molecule has 1 rings (SSSR count). The van der Waals surface area contributed by atoms with Gasteiger partial charge in [-0.25, -0.2) is 0 Å². The average molecular weight is 237 g/mol. The zero-order valence-corrected chi connectivity index (χ0v) is 8.57. The zero-order chi connectivity index (χ0) is 12.7. The van der Waals surface area contributed by atoms with Crippen LogP contribution in [0, 0.1) is 0 Å². The molecule has 7 N–H and O–H groups in total. The van der Waals surface area contributed by atoms with E-state index in [9.17, 15) is 25.2 Å². The number of carbonyl (C=O) groups is 1. The number of carbonyl (C=O) groups excluding carboxylic acids is 1. The quantitative estimate of drug-likeness (QED) is 0.266. The largest absolute Gasteiger partial charge is 0.394 e. The SMILES string of the molecule is CC(=O)[C@]1(O)[C@@H](O)[C@H](O)[C@@H](CO)OC1(N)O. The predicted molar refractivity (Wildman–Crippen MR) is 48.7 cm³/mol. The van der Waals surface area contributed by atoms with Crippen LogP contribution in [-0.4, -0.2) is 67.7 Å². The van der Waals surface area contributed by atoms with Crippen LogP contribution >= 0.6 is 0 Å². The molecule has 5 atom stereocenters. The summed E-state index contributed by atoms with van der Waals surface area (Å²) < 4.78 is 4.59. The summed E-state index contributed by atoms with van der Waals surface area (Å²) in [6.07, 6.45) is -5.21. The van der Waals surface area contributed by atoms with Gasteiger partial charge in [-0.1, -0.05) is 0 Å². The van der Waals surface area contributed by atoms with Gasteiger partial charge in [0.05, 0.1) is 6.61 Å². The topological polar surface area (TPSA) is 153 Å². The van der Waals surface area contributed by atoms with Crippen molar-refractivity contribution in [3.05, 3.63) is 0 Å². The van der Waals surface area contributed by atoms with Crippen LogP contribution in [0.3, 0.4) is 0 Å². The number of rotatable bonds is 2. The van der Waals surface area contributed by atoms with Crippen LogP contribution in [0.5, 0.6) is 0 Å². The lowest BCUT2D eigenvalue weighted by Gasteiger charge is -2.49. The molecule has 0 spiro atoms. The van der Waals surface area contributed by atoms with Crippen molar-refractivity contribution in [3.63, 3.8) is 0 Å². The molecule has 1 aliphatic heterocycles. The van der Waals surface area contributed by atoms with Crippen molar-refractivity contribution in [1.82, 2.24) is 0 Å². The lowest BCUT2D eigenvalue weighted by Crippen LogP contribution is -2.79. The Labute approximate surface area is 90.9 Å². The fourth-order valence-electron chi connectivity index (χ4n) is 1.66. The summed E-state index contributed by atoms with van der Waals surface area (Å²) in [5.41, 5.74) is 2.31. The smallest absolute Gasteiger partial charge is 0.263 e. The Kier molecular flexibility index (Phi) is 3.37. The minimum absolute atomic E-state index is 0.744. The maximum atomic E-state index is 11.2. The highest BCUT2D eigenvalue weighted by molar-refractivity contribution is 5.86. The Morgan fingerprint density at radius 1 is 1.44 bits per heavy atom. The molecule has 1 heterocycles. The molecule has 1 unspecified atom stereocenters. The molecule has 0 amide bonds. The summed E-state index contributed by atoms with van der Waals surface area (Å²) in [4.78, 5) is 11.2.